The van der Waals surface area contributed by atoms with Crippen LogP contribution in [0.25, 0.3) is 116 Å². The van der Waals surface area contributed by atoms with Crippen molar-refractivity contribution in [3.8, 4) is 50.6 Å². The molecule has 3 aromatic heterocycles. The summed E-state index contributed by atoms with van der Waals surface area (Å²) < 4.78 is 8.32. The maximum Gasteiger partial charge on any atom is 0.235 e. The van der Waals surface area contributed by atoms with Crippen molar-refractivity contribution in [2.24, 2.45) is 0 Å². The molecule has 0 aliphatic rings. The minimum absolute atomic E-state index is 0.653. The molecule has 0 unspecified atom stereocenters. The van der Waals surface area contributed by atoms with Crippen LogP contribution >= 0.6 is 0 Å². The number of furan rings is 1. The topological polar surface area (TPSA) is 43.9 Å². The first-order chi connectivity index (χ1) is 28.7. The lowest BCUT2D eigenvalue weighted by atomic mass is 9.96. The van der Waals surface area contributed by atoms with Gasteiger partial charge in [0, 0.05) is 32.5 Å². The molecule has 4 heteroatoms. The quantitative estimate of drug-likeness (QED) is 0.177. The van der Waals surface area contributed by atoms with Gasteiger partial charge in [0.1, 0.15) is 11.2 Å². The summed E-state index contributed by atoms with van der Waals surface area (Å²) in [4.78, 5) is 10.6. The first-order valence-electron chi connectivity index (χ1n) is 19.6. The molecule has 0 aliphatic heterocycles. The first-order valence-corrected chi connectivity index (χ1v) is 19.6. The van der Waals surface area contributed by atoms with Crippen LogP contribution in [0.3, 0.4) is 0 Å². The van der Waals surface area contributed by atoms with Crippen molar-refractivity contribution in [3.63, 3.8) is 0 Å². The van der Waals surface area contributed by atoms with Gasteiger partial charge >= 0.3 is 0 Å². The van der Waals surface area contributed by atoms with E-state index in [2.05, 4.69) is 187 Å². The molecule has 12 aromatic rings. The first kappa shape index (κ1) is 32.4. The molecule has 12 rings (SSSR count). The molecule has 0 radical (unpaired) electrons. The summed E-state index contributed by atoms with van der Waals surface area (Å²) in [5.74, 6) is 0.653. The Hall–Kier alpha value is -7.82. The molecule has 0 atom stereocenters. The maximum atomic E-state index is 6.09. The third kappa shape index (κ3) is 5.16. The maximum absolute atomic E-state index is 6.09. The van der Waals surface area contributed by atoms with Crippen LogP contribution in [0, 0.1) is 0 Å². The Labute approximate surface area is 333 Å². The molecule has 0 fully saturated rings. The molecule has 58 heavy (non-hydrogen) atoms. The number of rotatable bonds is 5. The lowest BCUT2D eigenvalue weighted by molar-refractivity contribution is 0.669. The van der Waals surface area contributed by atoms with E-state index < -0.39 is 0 Å². The van der Waals surface area contributed by atoms with Crippen molar-refractivity contribution >= 4 is 65.4 Å². The SMILES string of the molecule is c1ccc(-c2ccc(-c3nc(-n4c5ccccc5c5c6cc(-c7ccc(-c8ccc9oc%10ccccc%10c9c8)cc7)ccc6ccc54)nc4ccccc34)cc2)cc1. The third-order valence-electron chi connectivity index (χ3n) is 11.6. The number of aromatic nitrogens is 3. The predicted molar refractivity (Wildman–Crippen MR) is 240 cm³/mol. The monoisotopic (exact) mass is 739 g/mol. The Morgan fingerprint density at radius 2 is 0.897 bits per heavy atom. The van der Waals surface area contributed by atoms with Crippen molar-refractivity contribution in [3.05, 3.63) is 200 Å². The van der Waals surface area contributed by atoms with E-state index in [0.29, 0.717) is 5.95 Å². The lowest BCUT2D eigenvalue weighted by Gasteiger charge is -2.12. The second-order valence-corrected chi connectivity index (χ2v) is 15.0. The molecule has 3 heterocycles. The summed E-state index contributed by atoms with van der Waals surface area (Å²) >= 11 is 0. The minimum Gasteiger partial charge on any atom is -0.456 e. The van der Waals surface area contributed by atoms with E-state index in [4.69, 9.17) is 14.4 Å². The number of hydrogen-bond acceptors (Lipinski definition) is 3. The highest BCUT2D eigenvalue weighted by Gasteiger charge is 2.19. The molecular weight excluding hydrogens is 707 g/mol. The number of hydrogen-bond donors (Lipinski definition) is 0. The van der Waals surface area contributed by atoms with Crippen molar-refractivity contribution < 1.29 is 4.42 Å². The summed E-state index contributed by atoms with van der Waals surface area (Å²) in [6.45, 7) is 0. The van der Waals surface area contributed by atoms with Crippen LogP contribution in [0.5, 0.6) is 0 Å². The molecule has 270 valence electrons. The zero-order chi connectivity index (χ0) is 38.2. The van der Waals surface area contributed by atoms with Gasteiger partial charge < -0.3 is 4.42 Å². The smallest absolute Gasteiger partial charge is 0.235 e. The fraction of sp³-hybridized carbons (Fsp3) is 0. The third-order valence-corrected chi connectivity index (χ3v) is 11.6. The molecule has 0 bridgehead atoms. The normalized spacial score (nSPS) is 11.8. The Bertz CT molecular complexity index is 3540. The summed E-state index contributed by atoms with van der Waals surface area (Å²) in [6, 6.07) is 71.0. The molecule has 0 spiro atoms. The van der Waals surface area contributed by atoms with Crippen LogP contribution in [-0.2, 0) is 0 Å². The van der Waals surface area contributed by atoms with E-state index >= 15 is 0 Å². The predicted octanol–water partition coefficient (Wildman–Crippen LogP) is 14.4. The highest BCUT2D eigenvalue weighted by molar-refractivity contribution is 6.21. The fourth-order valence-corrected chi connectivity index (χ4v) is 8.78. The summed E-state index contributed by atoms with van der Waals surface area (Å²) in [5.41, 5.74) is 13.9. The van der Waals surface area contributed by atoms with Crippen LogP contribution in [0.15, 0.2) is 205 Å². The summed E-state index contributed by atoms with van der Waals surface area (Å²) in [7, 11) is 0. The molecule has 4 nitrogen and oxygen atoms in total. The lowest BCUT2D eigenvalue weighted by Crippen LogP contribution is -2.03. The molecule has 0 saturated heterocycles. The molecule has 9 aromatic carbocycles. The van der Waals surface area contributed by atoms with Crippen molar-refractivity contribution in [1.29, 1.82) is 0 Å². The Morgan fingerprint density at radius 3 is 1.69 bits per heavy atom. The van der Waals surface area contributed by atoms with E-state index in [1.54, 1.807) is 0 Å². The Balaban J connectivity index is 0.979. The summed E-state index contributed by atoms with van der Waals surface area (Å²) in [5, 5.41) is 8.05. The van der Waals surface area contributed by atoms with Gasteiger partial charge in [0.05, 0.1) is 22.2 Å². The van der Waals surface area contributed by atoms with Crippen LogP contribution in [0.2, 0.25) is 0 Å². The van der Waals surface area contributed by atoms with E-state index in [0.717, 1.165) is 55.1 Å². The number of nitrogens with zero attached hydrogens (tertiary/aromatic N) is 3. The van der Waals surface area contributed by atoms with Crippen LogP contribution in [-0.4, -0.2) is 14.5 Å². The largest absolute Gasteiger partial charge is 0.456 e. The van der Waals surface area contributed by atoms with Gasteiger partial charge in [-0.1, -0.05) is 158 Å². The average molecular weight is 740 g/mol. The van der Waals surface area contributed by atoms with Gasteiger partial charge in [0.25, 0.3) is 0 Å². The minimum atomic E-state index is 0.653. The number of fused-ring (bicyclic) bond motifs is 9. The second-order valence-electron chi connectivity index (χ2n) is 15.0. The standard InChI is InChI=1S/C54H33N3O/c1-2-10-34(11-3-1)35-22-25-39(26-23-35)53-43-13-4-7-15-47(43)55-54(56-53)57-48-16-8-5-14-44(48)52-45-32-40(27-24-38(45)28-30-49(52)57)36-18-20-37(21-19-36)41-29-31-51-46(33-41)42-12-6-9-17-50(42)58-51/h1-33H. The van der Waals surface area contributed by atoms with Gasteiger partial charge in [-0.2, -0.15) is 0 Å². The average Bonchev–Trinajstić information content (AvgIpc) is 3.85. The van der Waals surface area contributed by atoms with Gasteiger partial charge in [-0.05, 0) is 86.6 Å². The van der Waals surface area contributed by atoms with Crippen LogP contribution in [0.4, 0.5) is 0 Å². The van der Waals surface area contributed by atoms with Gasteiger partial charge in [-0.3, -0.25) is 4.57 Å². The highest BCUT2D eigenvalue weighted by Crippen LogP contribution is 2.40. The van der Waals surface area contributed by atoms with Crippen LogP contribution in [0.1, 0.15) is 0 Å². The van der Waals surface area contributed by atoms with Crippen molar-refractivity contribution in [2.75, 3.05) is 0 Å². The number of para-hydroxylation sites is 3. The fourth-order valence-electron chi connectivity index (χ4n) is 8.78. The highest BCUT2D eigenvalue weighted by atomic mass is 16.3. The van der Waals surface area contributed by atoms with E-state index in [1.165, 1.54) is 54.9 Å². The van der Waals surface area contributed by atoms with Crippen molar-refractivity contribution in [1.82, 2.24) is 14.5 Å². The van der Waals surface area contributed by atoms with Gasteiger partial charge in [-0.15, -0.1) is 0 Å². The second kappa shape index (κ2) is 12.9. The van der Waals surface area contributed by atoms with Crippen molar-refractivity contribution in [2.45, 2.75) is 0 Å². The summed E-state index contributed by atoms with van der Waals surface area (Å²) in [6.07, 6.45) is 0. The van der Waals surface area contributed by atoms with Gasteiger partial charge in [-0.25, -0.2) is 9.97 Å². The number of benzene rings is 9. The molecular formula is C54H33N3O. The zero-order valence-corrected chi connectivity index (χ0v) is 31.3. The van der Waals surface area contributed by atoms with E-state index in [-0.39, 0.29) is 0 Å². The Morgan fingerprint density at radius 1 is 0.345 bits per heavy atom. The van der Waals surface area contributed by atoms with Gasteiger partial charge in [0.15, 0.2) is 0 Å². The molecule has 0 amide bonds. The molecule has 0 aliphatic carbocycles. The molecule has 0 saturated carbocycles. The molecule has 0 N–H and O–H groups in total. The Kier molecular flexibility index (Phi) is 7.20. The van der Waals surface area contributed by atoms with Gasteiger partial charge in [0.2, 0.25) is 5.95 Å². The van der Waals surface area contributed by atoms with E-state index in [9.17, 15) is 0 Å². The zero-order valence-electron chi connectivity index (χ0n) is 31.3. The van der Waals surface area contributed by atoms with E-state index in [1.807, 2.05) is 18.2 Å². The van der Waals surface area contributed by atoms with Crippen LogP contribution < -0.4 is 0 Å².